The van der Waals surface area contributed by atoms with E-state index in [0.29, 0.717) is 12.5 Å². The molecule has 1 aliphatic rings. The van der Waals surface area contributed by atoms with Crippen LogP contribution in [-0.4, -0.2) is 30.6 Å². The van der Waals surface area contributed by atoms with E-state index in [-0.39, 0.29) is 17.6 Å². The molecule has 2 N–H and O–H groups in total. The summed E-state index contributed by atoms with van der Waals surface area (Å²) in [6.07, 6.45) is 0. The van der Waals surface area contributed by atoms with Crippen LogP contribution in [0.3, 0.4) is 0 Å². The second kappa shape index (κ2) is 5.40. The molecule has 1 fully saturated rings. The van der Waals surface area contributed by atoms with Gasteiger partial charge in [-0.15, -0.1) is 0 Å². The fourth-order valence-corrected chi connectivity index (χ4v) is 2.47. The molecule has 1 aromatic carbocycles. The van der Waals surface area contributed by atoms with Gasteiger partial charge < -0.3 is 15.3 Å². The van der Waals surface area contributed by atoms with Crippen molar-refractivity contribution in [1.29, 1.82) is 0 Å². The Balaban J connectivity index is 2.20. The molecule has 98 valence electrons. The predicted molar refractivity (Wildman–Crippen MR) is 71.7 cm³/mol. The molecule has 2 rings (SSSR count). The molecule has 0 radical (unpaired) electrons. The van der Waals surface area contributed by atoms with Crippen molar-refractivity contribution in [2.24, 2.45) is 11.8 Å². The third-order valence-electron chi connectivity index (χ3n) is 3.56. The van der Waals surface area contributed by atoms with Crippen LogP contribution >= 0.6 is 0 Å². The molecule has 1 aromatic rings. The van der Waals surface area contributed by atoms with Crippen LogP contribution in [0.15, 0.2) is 24.3 Å². The first-order valence-corrected chi connectivity index (χ1v) is 6.44. The summed E-state index contributed by atoms with van der Waals surface area (Å²) in [5.74, 6) is 0.730. The lowest BCUT2D eigenvalue weighted by Gasteiger charge is -2.26. The van der Waals surface area contributed by atoms with Crippen molar-refractivity contribution in [3.63, 3.8) is 0 Å². The molecular weight excluding hydrogens is 228 g/mol. The lowest BCUT2D eigenvalue weighted by atomic mass is 9.96. The van der Waals surface area contributed by atoms with Gasteiger partial charge in [0.05, 0.1) is 5.92 Å². The van der Waals surface area contributed by atoms with Crippen molar-refractivity contribution in [2.45, 2.75) is 13.8 Å². The summed E-state index contributed by atoms with van der Waals surface area (Å²) in [4.78, 5) is 14.2. The highest BCUT2D eigenvalue weighted by atomic mass is 16.3. The van der Waals surface area contributed by atoms with Gasteiger partial charge >= 0.3 is 0 Å². The van der Waals surface area contributed by atoms with Crippen molar-refractivity contribution >= 4 is 11.6 Å². The Morgan fingerprint density at radius 2 is 2.28 bits per heavy atom. The Kier molecular flexibility index (Phi) is 3.87. The number of nitrogens with zero attached hydrogens (tertiary/aromatic N) is 1. The van der Waals surface area contributed by atoms with Gasteiger partial charge in [0.1, 0.15) is 5.75 Å². The molecule has 2 unspecified atom stereocenters. The van der Waals surface area contributed by atoms with Crippen molar-refractivity contribution in [3.8, 4) is 5.75 Å². The van der Waals surface area contributed by atoms with E-state index in [4.69, 9.17) is 0 Å². The molecule has 0 aromatic heterocycles. The number of anilines is 1. The lowest BCUT2D eigenvalue weighted by Crippen LogP contribution is -2.38. The number of amides is 1. The minimum atomic E-state index is 0.0345. The third kappa shape index (κ3) is 2.48. The number of aromatic hydroxyl groups is 1. The summed E-state index contributed by atoms with van der Waals surface area (Å²) in [6.45, 7) is 6.31. The quantitative estimate of drug-likeness (QED) is 0.854. The van der Waals surface area contributed by atoms with Gasteiger partial charge in [-0.1, -0.05) is 13.0 Å². The molecule has 1 aliphatic heterocycles. The van der Waals surface area contributed by atoms with E-state index in [2.05, 4.69) is 12.2 Å². The summed E-state index contributed by atoms with van der Waals surface area (Å²) in [5, 5.41) is 12.8. The van der Waals surface area contributed by atoms with Crippen LogP contribution in [0, 0.1) is 11.8 Å². The van der Waals surface area contributed by atoms with Gasteiger partial charge in [-0.2, -0.15) is 0 Å². The molecule has 18 heavy (non-hydrogen) atoms. The molecule has 0 aliphatic carbocycles. The van der Waals surface area contributed by atoms with E-state index in [1.54, 1.807) is 23.1 Å². The summed E-state index contributed by atoms with van der Waals surface area (Å²) in [7, 11) is 0. The molecular formula is C14H20N2O2. The Morgan fingerprint density at radius 3 is 2.83 bits per heavy atom. The van der Waals surface area contributed by atoms with E-state index < -0.39 is 0 Å². The molecule has 1 heterocycles. The zero-order chi connectivity index (χ0) is 13.1. The molecule has 0 saturated carbocycles. The average Bonchev–Trinajstić information content (AvgIpc) is 2.76. The number of carbonyl (C=O) groups excluding carboxylic acids is 1. The average molecular weight is 248 g/mol. The summed E-state index contributed by atoms with van der Waals surface area (Å²) < 4.78 is 0. The SMILES string of the molecule is CCN(C(=O)C1CNCC1C)c1cccc(O)c1. The maximum atomic E-state index is 12.5. The molecule has 2 atom stereocenters. The summed E-state index contributed by atoms with van der Waals surface area (Å²) in [6, 6.07) is 6.86. The lowest BCUT2D eigenvalue weighted by molar-refractivity contribution is -0.122. The fraction of sp³-hybridized carbons (Fsp3) is 0.500. The Morgan fingerprint density at radius 1 is 1.50 bits per heavy atom. The number of phenolic OH excluding ortho intramolecular Hbond substituents is 1. The van der Waals surface area contributed by atoms with E-state index in [0.717, 1.165) is 18.8 Å². The van der Waals surface area contributed by atoms with Gasteiger partial charge in [0.25, 0.3) is 0 Å². The van der Waals surface area contributed by atoms with Crippen LogP contribution in [0.2, 0.25) is 0 Å². The normalized spacial score (nSPS) is 23.0. The second-order valence-electron chi connectivity index (χ2n) is 4.84. The van der Waals surface area contributed by atoms with E-state index in [9.17, 15) is 9.90 Å². The number of benzene rings is 1. The smallest absolute Gasteiger partial charge is 0.231 e. The number of carbonyl (C=O) groups is 1. The zero-order valence-electron chi connectivity index (χ0n) is 10.9. The highest BCUT2D eigenvalue weighted by Gasteiger charge is 2.32. The van der Waals surface area contributed by atoms with Crippen LogP contribution in [0.1, 0.15) is 13.8 Å². The minimum Gasteiger partial charge on any atom is -0.508 e. The van der Waals surface area contributed by atoms with Gasteiger partial charge in [0.2, 0.25) is 5.91 Å². The minimum absolute atomic E-state index is 0.0345. The van der Waals surface area contributed by atoms with Gasteiger partial charge in [-0.3, -0.25) is 4.79 Å². The van der Waals surface area contributed by atoms with Crippen LogP contribution in [0.25, 0.3) is 0 Å². The van der Waals surface area contributed by atoms with Crippen molar-refractivity contribution in [1.82, 2.24) is 5.32 Å². The Labute approximate surface area is 108 Å². The molecule has 0 spiro atoms. The monoisotopic (exact) mass is 248 g/mol. The number of hydrogen-bond acceptors (Lipinski definition) is 3. The van der Waals surface area contributed by atoms with Crippen LogP contribution in [-0.2, 0) is 4.79 Å². The van der Waals surface area contributed by atoms with E-state index >= 15 is 0 Å². The van der Waals surface area contributed by atoms with Crippen molar-refractivity contribution in [2.75, 3.05) is 24.5 Å². The number of phenols is 1. The van der Waals surface area contributed by atoms with Crippen LogP contribution in [0.4, 0.5) is 5.69 Å². The van der Waals surface area contributed by atoms with Crippen molar-refractivity contribution < 1.29 is 9.90 Å². The van der Waals surface area contributed by atoms with E-state index in [1.807, 2.05) is 13.0 Å². The van der Waals surface area contributed by atoms with Gasteiger partial charge in [-0.25, -0.2) is 0 Å². The van der Waals surface area contributed by atoms with Gasteiger partial charge in [-0.05, 0) is 31.5 Å². The van der Waals surface area contributed by atoms with Gasteiger partial charge in [0, 0.05) is 24.8 Å². The highest BCUT2D eigenvalue weighted by molar-refractivity contribution is 5.95. The highest BCUT2D eigenvalue weighted by Crippen LogP contribution is 2.25. The first-order valence-electron chi connectivity index (χ1n) is 6.44. The Hall–Kier alpha value is -1.55. The topological polar surface area (TPSA) is 52.6 Å². The van der Waals surface area contributed by atoms with E-state index in [1.165, 1.54) is 0 Å². The van der Waals surface area contributed by atoms with Crippen LogP contribution < -0.4 is 10.2 Å². The largest absolute Gasteiger partial charge is 0.508 e. The van der Waals surface area contributed by atoms with Crippen molar-refractivity contribution in [3.05, 3.63) is 24.3 Å². The Bertz CT molecular complexity index is 434. The maximum Gasteiger partial charge on any atom is 0.231 e. The maximum absolute atomic E-state index is 12.5. The standard InChI is InChI=1S/C14H20N2O2/c1-3-16(11-5-4-6-12(17)7-11)14(18)13-9-15-8-10(13)2/h4-7,10,13,15,17H,3,8-9H2,1-2H3. The number of rotatable bonds is 3. The predicted octanol–water partition coefficient (Wildman–Crippen LogP) is 1.60. The number of nitrogens with one attached hydrogen (secondary N) is 1. The second-order valence-corrected chi connectivity index (χ2v) is 4.84. The molecule has 4 nitrogen and oxygen atoms in total. The molecule has 0 bridgehead atoms. The fourth-order valence-electron chi connectivity index (χ4n) is 2.47. The van der Waals surface area contributed by atoms with Crippen LogP contribution in [0.5, 0.6) is 5.75 Å². The first kappa shape index (κ1) is 12.9. The molecule has 4 heteroatoms. The summed E-state index contributed by atoms with van der Waals surface area (Å²) in [5.41, 5.74) is 0.765. The third-order valence-corrected chi connectivity index (χ3v) is 3.56. The zero-order valence-corrected chi connectivity index (χ0v) is 10.9. The number of hydrogen-bond donors (Lipinski definition) is 2. The summed E-state index contributed by atoms with van der Waals surface area (Å²) >= 11 is 0. The first-order chi connectivity index (χ1) is 8.63. The molecule has 1 amide bonds. The van der Waals surface area contributed by atoms with Gasteiger partial charge in [0.15, 0.2) is 0 Å². The molecule has 1 saturated heterocycles.